The summed E-state index contributed by atoms with van der Waals surface area (Å²) in [6.45, 7) is 0.678. The van der Waals surface area contributed by atoms with Gasteiger partial charge in [0.15, 0.2) is 0 Å². The maximum atomic E-state index is 11.9. The van der Waals surface area contributed by atoms with Gasteiger partial charge in [-0.05, 0) is 49.4 Å². The second-order valence-electron chi connectivity index (χ2n) is 5.23. The van der Waals surface area contributed by atoms with Gasteiger partial charge in [0.2, 0.25) is 5.91 Å². The number of amides is 1. The lowest BCUT2D eigenvalue weighted by Crippen LogP contribution is -2.39. The van der Waals surface area contributed by atoms with Crippen molar-refractivity contribution in [1.82, 2.24) is 5.32 Å². The van der Waals surface area contributed by atoms with E-state index in [1.165, 1.54) is 12.0 Å². The van der Waals surface area contributed by atoms with Gasteiger partial charge in [0.05, 0.1) is 0 Å². The molecule has 3 N–H and O–H groups in total. The lowest BCUT2D eigenvalue weighted by molar-refractivity contribution is -0.122. The number of hydrogen-bond acceptors (Lipinski definition) is 2. The summed E-state index contributed by atoms with van der Waals surface area (Å²) in [6, 6.07) is 8.41. The molecule has 0 spiro atoms. The number of nitrogens with two attached hydrogens (primary N) is 1. The van der Waals surface area contributed by atoms with Crippen LogP contribution in [0.4, 0.5) is 0 Å². The van der Waals surface area contributed by atoms with E-state index in [9.17, 15) is 4.79 Å². The molecule has 3 nitrogen and oxygen atoms in total. The molecule has 2 unspecified atom stereocenters. The molecule has 2 rings (SSSR count). The minimum atomic E-state index is 0. The molecular weight excluding hydrogens is 340 g/mol. The normalized spacial score (nSPS) is 21.3. The lowest BCUT2D eigenvalue weighted by atomic mass is 10.0. The lowest BCUT2D eigenvalue weighted by Gasteiger charge is -2.19. The third-order valence-corrected chi connectivity index (χ3v) is 4.39. The highest BCUT2D eigenvalue weighted by atomic mass is 79.9. The largest absolute Gasteiger partial charge is 0.353 e. The van der Waals surface area contributed by atoms with Crippen LogP contribution in [0.5, 0.6) is 0 Å². The van der Waals surface area contributed by atoms with Crippen LogP contribution in [-0.2, 0) is 11.2 Å². The van der Waals surface area contributed by atoms with Gasteiger partial charge >= 0.3 is 0 Å². The average molecular weight is 362 g/mol. The van der Waals surface area contributed by atoms with E-state index in [0.717, 1.165) is 23.7 Å². The Hall–Kier alpha value is -0.580. The maximum Gasteiger partial charge on any atom is 0.220 e. The Balaban J connectivity index is 0.00000200. The highest BCUT2D eigenvalue weighted by Crippen LogP contribution is 2.24. The Bertz CT molecular complexity index is 424. The molecule has 2 atom stereocenters. The predicted octanol–water partition coefficient (Wildman–Crippen LogP) is 3.05. The smallest absolute Gasteiger partial charge is 0.220 e. The Labute approximate surface area is 135 Å². The Kier molecular flexibility index (Phi) is 7.56. The molecular formula is C15H22BrClN2O. The van der Waals surface area contributed by atoms with Gasteiger partial charge in [0.25, 0.3) is 0 Å². The summed E-state index contributed by atoms with van der Waals surface area (Å²) < 4.78 is 1.07. The fourth-order valence-corrected chi connectivity index (χ4v) is 2.96. The van der Waals surface area contributed by atoms with Crippen molar-refractivity contribution in [3.63, 3.8) is 0 Å². The number of rotatable bonds is 5. The second-order valence-corrected chi connectivity index (χ2v) is 6.14. The second kappa shape index (κ2) is 8.65. The molecule has 20 heavy (non-hydrogen) atoms. The van der Waals surface area contributed by atoms with E-state index in [1.807, 2.05) is 12.1 Å². The Morgan fingerprint density at radius 3 is 2.65 bits per heavy atom. The predicted molar refractivity (Wildman–Crippen MR) is 88.0 cm³/mol. The van der Waals surface area contributed by atoms with Gasteiger partial charge in [-0.1, -0.05) is 34.5 Å². The quantitative estimate of drug-likeness (QED) is 0.847. The van der Waals surface area contributed by atoms with Crippen molar-refractivity contribution >= 4 is 34.2 Å². The summed E-state index contributed by atoms with van der Waals surface area (Å²) in [5.41, 5.74) is 6.92. The molecule has 0 aliphatic heterocycles. The van der Waals surface area contributed by atoms with Gasteiger partial charge in [-0.25, -0.2) is 0 Å². The van der Waals surface area contributed by atoms with Gasteiger partial charge in [0, 0.05) is 16.9 Å². The molecule has 5 heteroatoms. The molecule has 1 aliphatic rings. The van der Waals surface area contributed by atoms with E-state index in [2.05, 4.69) is 33.4 Å². The summed E-state index contributed by atoms with van der Waals surface area (Å²) in [6.07, 6.45) is 4.74. The molecule has 0 aromatic heterocycles. The number of benzene rings is 1. The first-order chi connectivity index (χ1) is 9.19. The van der Waals surface area contributed by atoms with Gasteiger partial charge < -0.3 is 11.1 Å². The molecule has 1 amide bonds. The van der Waals surface area contributed by atoms with Crippen LogP contribution >= 0.6 is 28.3 Å². The van der Waals surface area contributed by atoms with E-state index in [1.54, 1.807) is 0 Å². The molecule has 0 bridgehead atoms. The third kappa shape index (κ3) is 5.08. The van der Waals surface area contributed by atoms with E-state index < -0.39 is 0 Å². The average Bonchev–Trinajstić information content (AvgIpc) is 2.85. The van der Waals surface area contributed by atoms with Crippen LogP contribution in [0.25, 0.3) is 0 Å². The van der Waals surface area contributed by atoms with Crippen LogP contribution in [0.15, 0.2) is 28.7 Å². The van der Waals surface area contributed by atoms with Crippen molar-refractivity contribution in [2.24, 2.45) is 11.7 Å². The van der Waals surface area contributed by atoms with E-state index in [0.29, 0.717) is 24.9 Å². The number of carbonyl (C=O) groups excluding carboxylic acids is 1. The summed E-state index contributed by atoms with van der Waals surface area (Å²) in [5, 5.41) is 3.13. The van der Waals surface area contributed by atoms with Crippen molar-refractivity contribution in [1.29, 1.82) is 0 Å². The molecule has 0 radical (unpaired) electrons. The molecule has 1 aromatic rings. The fourth-order valence-electron chi connectivity index (χ4n) is 2.70. The third-order valence-electron chi connectivity index (χ3n) is 3.86. The summed E-state index contributed by atoms with van der Waals surface area (Å²) in [7, 11) is 0. The van der Waals surface area contributed by atoms with Gasteiger partial charge in [-0.2, -0.15) is 0 Å². The number of nitrogens with one attached hydrogen (secondary N) is 1. The Morgan fingerprint density at radius 1 is 1.30 bits per heavy atom. The molecule has 1 fully saturated rings. The SMILES string of the molecule is Cl.NCC1CCCC1NC(=O)CCc1ccc(Br)cc1. The molecule has 1 saturated carbocycles. The van der Waals surface area contributed by atoms with Crippen LogP contribution in [0.3, 0.4) is 0 Å². The van der Waals surface area contributed by atoms with Crippen LogP contribution in [0, 0.1) is 5.92 Å². The summed E-state index contributed by atoms with van der Waals surface area (Å²) >= 11 is 3.41. The first-order valence-electron chi connectivity index (χ1n) is 6.93. The standard InChI is InChI=1S/C15H21BrN2O.ClH/c16-13-7-4-11(5-8-13)6-9-15(19)18-14-3-1-2-12(14)10-17;/h4-5,7-8,12,14H,1-3,6,9-10,17H2,(H,18,19);1H. The first kappa shape index (κ1) is 17.5. The zero-order valence-corrected chi connectivity index (χ0v) is 13.9. The summed E-state index contributed by atoms with van der Waals surface area (Å²) in [5.74, 6) is 0.616. The van der Waals surface area contributed by atoms with Crippen LogP contribution in [0.2, 0.25) is 0 Å². The number of carbonyl (C=O) groups is 1. The van der Waals surface area contributed by atoms with Crippen molar-refractivity contribution in [3.8, 4) is 0 Å². The van der Waals surface area contributed by atoms with Crippen LogP contribution in [-0.4, -0.2) is 18.5 Å². The Morgan fingerprint density at radius 2 is 2.00 bits per heavy atom. The highest BCUT2D eigenvalue weighted by molar-refractivity contribution is 9.10. The van der Waals surface area contributed by atoms with Crippen LogP contribution < -0.4 is 11.1 Å². The number of halogens is 2. The zero-order chi connectivity index (χ0) is 13.7. The fraction of sp³-hybridized carbons (Fsp3) is 0.533. The highest BCUT2D eigenvalue weighted by Gasteiger charge is 2.26. The van der Waals surface area contributed by atoms with Crippen molar-refractivity contribution in [2.75, 3.05) is 6.54 Å². The number of hydrogen-bond donors (Lipinski definition) is 2. The topological polar surface area (TPSA) is 55.1 Å². The summed E-state index contributed by atoms with van der Waals surface area (Å²) in [4.78, 5) is 11.9. The minimum absolute atomic E-state index is 0. The van der Waals surface area contributed by atoms with E-state index in [-0.39, 0.29) is 18.3 Å². The first-order valence-corrected chi connectivity index (χ1v) is 7.72. The van der Waals surface area contributed by atoms with Gasteiger partial charge in [-0.3, -0.25) is 4.79 Å². The van der Waals surface area contributed by atoms with E-state index >= 15 is 0 Å². The molecule has 1 aromatic carbocycles. The van der Waals surface area contributed by atoms with Gasteiger partial charge in [0.1, 0.15) is 0 Å². The molecule has 112 valence electrons. The minimum Gasteiger partial charge on any atom is -0.353 e. The zero-order valence-electron chi connectivity index (χ0n) is 11.5. The van der Waals surface area contributed by atoms with E-state index in [4.69, 9.17) is 5.73 Å². The van der Waals surface area contributed by atoms with Crippen molar-refractivity contribution in [2.45, 2.75) is 38.1 Å². The molecule has 1 aliphatic carbocycles. The molecule has 0 heterocycles. The number of aryl methyl sites for hydroxylation is 1. The van der Waals surface area contributed by atoms with Crippen molar-refractivity contribution < 1.29 is 4.79 Å². The van der Waals surface area contributed by atoms with Crippen molar-refractivity contribution in [3.05, 3.63) is 34.3 Å². The monoisotopic (exact) mass is 360 g/mol. The van der Waals surface area contributed by atoms with Gasteiger partial charge in [-0.15, -0.1) is 12.4 Å². The maximum absolute atomic E-state index is 11.9. The van der Waals surface area contributed by atoms with Crippen LogP contribution in [0.1, 0.15) is 31.2 Å². The molecule has 0 saturated heterocycles.